The van der Waals surface area contributed by atoms with Crippen molar-refractivity contribution in [1.29, 1.82) is 0 Å². The average Bonchev–Trinajstić information content (AvgIpc) is 2.87. The Morgan fingerprint density at radius 3 is 2.26 bits per heavy atom. The smallest absolute Gasteiger partial charge is 0.435 e. The van der Waals surface area contributed by atoms with Gasteiger partial charge < -0.3 is 9.64 Å². The van der Waals surface area contributed by atoms with Crippen molar-refractivity contribution >= 4 is 6.09 Å². The molecule has 1 aromatic heterocycles. The highest BCUT2D eigenvalue weighted by atomic mass is 19.4. The molecule has 1 fully saturated rings. The van der Waals surface area contributed by atoms with E-state index >= 15 is 0 Å². The fraction of sp³-hybridized carbons (Fsp3) is 0.474. The van der Waals surface area contributed by atoms with Gasteiger partial charge in [0.1, 0.15) is 5.60 Å². The van der Waals surface area contributed by atoms with E-state index < -0.39 is 17.5 Å². The Hall–Kier alpha value is -2.51. The van der Waals surface area contributed by atoms with E-state index in [9.17, 15) is 18.0 Å². The number of aryl methyl sites for hydroxylation is 1. The number of rotatable bonds is 2. The molecular weight excluding hydrogens is 359 g/mol. The van der Waals surface area contributed by atoms with Gasteiger partial charge in [-0.25, -0.2) is 4.79 Å². The van der Waals surface area contributed by atoms with Gasteiger partial charge in [-0.05, 0) is 31.9 Å². The number of nitrogens with zero attached hydrogens (tertiary/aromatic N) is 3. The summed E-state index contributed by atoms with van der Waals surface area (Å²) < 4.78 is 45.9. The summed E-state index contributed by atoms with van der Waals surface area (Å²) in [6.07, 6.45) is -3.48. The molecule has 0 saturated carbocycles. The number of benzene rings is 1. The van der Waals surface area contributed by atoms with Crippen molar-refractivity contribution in [2.45, 2.75) is 38.5 Å². The van der Waals surface area contributed by atoms with E-state index in [2.05, 4.69) is 5.10 Å². The van der Waals surface area contributed by atoms with Crippen LogP contribution in [0, 0.1) is 0 Å². The van der Waals surface area contributed by atoms with Crippen LogP contribution in [-0.4, -0.2) is 39.5 Å². The molecule has 5 nitrogen and oxygen atoms in total. The van der Waals surface area contributed by atoms with Gasteiger partial charge in [0.05, 0.1) is 0 Å². The lowest BCUT2D eigenvalue weighted by atomic mass is 9.90. The van der Waals surface area contributed by atoms with Crippen LogP contribution in [-0.2, 0) is 18.0 Å². The van der Waals surface area contributed by atoms with E-state index in [-0.39, 0.29) is 17.6 Å². The number of hydrogen-bond acceptors (Lipinski definition) is 3. The molecule has 1 amide bonds. The van der Waals surface area contributed by atoms with Crippen molar-refractivity contribution < 1.29 is 22.7 Å². The van der Waals surface area contributed by atoms with Gasteiger partial charge in [0.25, 0.3) is 0 Å². The third-order valence-corrected chi connectivity index (χ3v) is 4.32. The number of likely N-dealkylation sites (tertiary alicyclic amines) is 1. The zero-order chi connectivity index (χ0) is 20.0. The zero-order valence-corrected chi connectivity index (χ0v) is 15.7. The minimum Gasteiger partial charge on any atom is -0.444 e. The average molecular weight is 381 g/mol. The monoisotopic (exact) mass is 381 g/mol. The third-order valence-electron chi connectivity index (χ3n) is 4.32. The van der Waals surface area contributed by atoms with E-state index in [1.54, 1.807) is 29.2 Å². The number of carbonyl (C=O) groups excluding carboxylic acids is 1. The molecule has 0 aliphatic carbocycles. The Morgan fingerprint density at radius 1 is 1.15 bits per heavy atom. The first-order valence-corrected chi connectivity index (χ1v) is 8.63. The Balaban J connectivity index is 1.69. The molecule has 0 atom stereocenters. The van der Waals surface area contributed by atoms with Crippen LogP contribution in [0.2, 0.25) is 0 Å². The van der Waals surface area contributed by atoms with Crippen LogP contribution in [0.15, 0.2) is 30.5 Å². The normalized spacial score (nSPS) is 15.6. The maximum atomic E-state index is 13.1. The van der Waals surface area contributed by atoms with Crippen LogP contribution in [0.1, 0.15) is 37.9 Å². The molecule has 0 bridgehead atoms. The molecule has 3 rings (SSSR count). The minimum atomic E-state index is -4.50. The first-order chi connectivity index (χ1) is 12.4. The molecule has 0 spiro atoms. The van der Waals surface area contributed by atoms with E-state index in [1.807, 2.05) is 20.8 Å². The third kappa shape index (κ3) is 4.26. The first-order valence-electron chi connectivity index (χ1n) is 8.63. The molecule has 1 aliphatic rings. The molecule has 1 saturated heterocycles. The minimum absolute atomic E-state index is 0.0561. The van der Waals surface area contributed by atoms with Crippen LogP contribution < -0.4 is 0 Å². The Kier molecular flexibility index (Phi) is 4.69. The highest BCUT2D eigenvalue weighted by Gasteiger charge is 2.38. The summed E-state index contributed by atoms with van der Waals surface area (Å²) in [6.45, 7) is 6.52. The number of carbonyl (C=O) groups is 1. The Labute approximate surface area is 155 Å². The summed E-state index contributed by atoms with van der Waals surface area (Å²) in [7, 11) is 1.47. The van der Waals surface area contributed by atoms with Crippen molar-refractivity contribution in [3.63, 3.8) is 0 Å². The second-order valence-corrected chi connectivity index (χ2v) is 7.77. The van der Waals surface area contributed by atoms with Gasteiger partial charge in [-0.15, -0.1) is 0 Å². The maximum Gasteiger partial charge on any atom is 0.435 e. The van der Waals surface area contributed by atoms with Gasteiger partial charge in [-0.2, -0.15) is 18.3 Å². The molecule has 2 aromatic rings. The number of aromatic nitrogens is 2. The van der Waals surface area contributed by atoms with Crippen molar-refractivity contribution in [3.05, 3.63) is 41.7 Å². The van der Waals surface area contributed by atoms with Gasteiger partial charge in [-0.1, -0.05) is 24.3 Å². The largest absolute Gasteiger partial charge is 0.444 e. The second-order valence-electron chi connectivity index (χ2n) is 7.77. The van der Waals surface area contributed by atoms with E-state index in [0.717, 1.165) is 10.2 Å². The lowest BCUT2D eigenvalue weighted by Crippen LogP contribution is -2.50. The van der Waals surface area contributed by atoms with Gasteiger partial charge in [-0.3, -0.25) is 4.68 Å². The molecule has 0 N–H and O–H groups in total. The number of ether oxygens (including phenoxy) is 1. The summed E-state index contributed by atoms with van der Waals surface area (Å²) in [4.78, 5) is 13.6. The lowest BCUT2D eigenvalue weighted by Gasteiger charge is -2.40. The second kappa shape index (κ2) is 6.58. The highest BCUT2D eigenvalue weighted by Crippen LogP contribution is 2.37. The van der Waals surface area contributed by atoms with Gasteiger partial charge >= 0.3 is 12.3 Å². The van der Waals surface area contributed by atoms with Gasteiger partial charge in [0.15, 0.2) is 5.69 Å². The highest BCUT2D eigenvalue weighted by molar-refractivity contribution is 5.70. The predicted molar refractivity (Wildman–Crippen MR) is 94.2 cm³/mol. The fourth-order valence-electron chi connectivity index (χ4n) is 3.01. The summed E-state index contributed by atoms with van der Waals surface area (Å²) in [5.74, 6) is 0.155. The summed E-state index contributed by atoms with van der Waals surface area (Å²) in [6, 6.07) is 6.94. The molecule has 0 unspecified atom stereocenters. The standard InChI is InChI=1S/C19H22F3N3O2/c1-18(2,3)27-17(26)25-9-14(10-25)12-5-7-13(8-6-12)15-11-24(4)23-16(15)19(20,21)22/h5-8,11,14H,9-10H2,1-4H3. The number of alkyl halides is 3. The quantitative estimate of drug-likeness (QED) is 0.773. The molecule has 2 heterocycles. The Bertz CT molecular complexity index is 829. The van der Waals surface area contributed by atoms with Crippen molar-refractivity contribution in [2.75, 3.05) is 13.1 Å². The van der Waals surface area contributed by atoms with Crippen molar-refractivity contribution in [2.24, 2.45) is 7.05 Å². The topological polar surface area (TPSA) is 47.4 Å². The summed E-state index contributed by atoms with van der Waals surface area (Å²) >= 11 is 0. The van der Waals surface area contributed by atoms with Gasteiger partial charge in [0, 0.05) is 37.8 Å². The van der Waals surface area contributed by atoms with Crippen LogP contribution in [0.5, 0.6) is 0 Å². The fourth-order valence-corrected chi connectivity index (χ4v) is 3.01. The predicted octanol–water partition coefficient (Wildman–Crippen LogP) is 4.44. The lowest BCUT2D eigenvalue weighted by molar-refractivity contribution is -0.140. The summed E-state index contributed by atoms with van der Waals surface area (Å²) in [5.41, 5.74) is 0.0699. The number of hydrogen-bond donors (Lipinski definition) is 0. The van der Waals surface area contributed by atoms with E-state index in [1.165, 1.54) is 13.2 Å². The SMILES string of the molecule is Cn1cc(-c2ccc(C3CN(C(=O)OC(C)(C)C)C3)cc2)c(C(F)(F)F)n1. The van der Waals surface area contributed by atoms with Crippen molar-refractivity contribution in [3.8, 4) is 11.1 Å². The van der Waals surface area contributed by atoms with Crippen molar-refractivity contribution in [1.82, 2.24) is 14.7 Å². The van der Waals surface area contributed by atoms with Crippen LogP contribution in [0.3, 0.4) is 0 Å². The van der Waals surface area contributed by atoms with Crippen LogP contribution in [0.4, 0.5) is 18.0 Å². The molecule has 8 heteroatoms. The molecular formula is C19H22F3N3O2. The molecule has 27 heavy (non-hydrogen) atoms. The molecule has 146 valence electrons. The first kappa shape index (κ1) is 19.3. The van der Waals surface area contributed by atoms with Gasteiger partial charge in [0.2, 0.25) is 0 Å². The van der Waals surface area contributed by atoms with Crippen LogP contribution >= 0.6 is 0 Å². The maximum absolute atomic E-state index is 13.1. The Morgan fingerprint density at radius 2 is 1.74 bits per heavy atom. The van der Waals surface area contributed by atoms with E-state index in [4.69, 9.17) is 4.74 Å². The summed E-state index contributed by atoms with van der Waals surface area (Å²) in [5, 5.41) is 3.54. The zero-order valence-electron chi connectivity index (χ0n) is 15.7. The van der Waals surface area contributed by atoms with E-state index in [0.29, 0.717) is 18.7 Å². The number of halogens is 3. The molecule has 0 radical (unpaired) electrons. The molecule has 1 aromatic carbocycles. The molecule has 1 aliphatic heterocycles. The van der Waals surface area contributed by atoms with Crippen LogP contribution in [0.25, 0.3) is 11.1 Å². The number of amides is 1.